The smallest absolute Gasteiger partial charge is 0.359 e. The van der Waals surface area contributed by atoms with Gasteiger partial charge >= 0.3 is 11.9 Å². The molecule has 5 heteroatoms. The third-order valence-electron chi connectivity index (χ3n) is 1.50. The van der Waals surface area contributed by atoms with Crippen molar-refractivity contribution in [3.05, 3.63) is 0 Å². The first kappa shape index (κ1) is 11.9. The van der Waals surface area contributed by atoms with Crippen LogP contribution in [0.3, 0.4) is 0 Å². The van der Waals surface area contributed by atoms with E-state index >= 15 is 0 Å². The van der Waals surface area contributed by atoms with Gasteiger partial charge in [0, 0.05) is 5.92 Å². The zero-order valence-electron chi connectivity index (χ0n) is 7.91. The fourth-order valence-corrected chi connectivity index (χ4v) is 1.21. The van der Waals surface area contributed by atoms with Crippen LogP contribution in [0, 0.1) is 5.92 Å². The van der Waals surface area contributed by atoms with Crippen molar-refractivity contribution in [2.75, 3.05) is 19.6 Å². The molecule has 0 heterocycles. The molecule has 0 amide bonds. The van der Waals surface area contributed by atoms with Gasteiger partial charge in [-0.2, -0.15) is 0 Å². The van der Waals surface area contributed by atoms with E-state index < -0.39 is 11.9 Å². The van der Waals surface area contributed by atoms with Crippen molar-refractivity contribution < 1.29 is 24.7 Å². The highest BCUT2D eigenvalue weighted by atomic mass is 16.4. The lowest BCUT2D eigenvalue weighted by Crippen LogP contribution is -3.14. The van der Waals surface area contributed by atoms with Crippen molar-refractivity contribution in [3.8, 4) is 0 Å². The van der Waals surface area contributed by atoms with Crippen LogP contribution in [-0.4, -0.2) is 41.8 Å². The first-order chi connectivity index (χ1) is 5.91. The molecule has 0 aromatic heterocycles. The minimum atomic E-state index is -0.961. The van der Waals surface area contributed by atoms with Gasteiger partial charge in [0.2, 0.25) is 0 Å². The Labute approximate surface area is 77.0 Å². The molecular weight excluding hydrogens is 174 g/mol. The van der Waals surface area contributed by atoms with Gasteiger partial charge in [-0.3, -0.25) is 0 Å². The molecule has 0 spiro atoms. The third kappa shape index (κ3) is 7.27. The molecule has 0 fully saturated rings. The summed E-state index contributed by atoms with van der Waals surface area (Å²) in [7, 11) is 0. The molecule has 13 heavy (non-hydrogen) atoms. The number of nitrogens with one attached hydrogen (secondary N) is 1. The highest BCUT2D eigenvalue weighted by Crippen LogP contribution is 1.83. The zero-order chi connectivity index (χ0) is 10.4. The maximum Gasteiger partial charge on any atom is 0.359 e. The molecule has 3 N–H and O–H groups in total. The van der Waals surface area contributed by atoms with Crippen LogP contribution in [0.15, 0.2) is 0 Å². The molecular formula is C8H16NO4+. The molecule has 76 valence electrons. The number of hydrogen-bond donors (Lipinski definition) is 3. The van der Waals surface area contributed by atoms with Crippen LogP contribution < -0.4 is 4.90 Å². The van der Waals surface area contributed by atoms with E-state index in [1.54, 1.807) is 0 Å². The van der Waals surface area contributed by atoms with Crippen molar-refractivity contribution in [2.24, 2.45) is 5.92 Å². The predicted octanol–water partition coefficient (Wildman–Crippen LogP) is -1.30. The second kappa shape index (κ2) is 5.53. The largest absolute Gasteiger partial charge is 0.477 e. The van der Waals surface area contributed by atoms with Crippen LogP contribution >= 0.6 is 0 Å². The molecule has 0 aliphatic heterocycles. The average molecular weight is 190 g/mol. The first-order valence-electron chi connectivity index (χ1n) is 4.19. The van der Waals surface area contributed by atoms with Gasteiger partial charge in [-0.05, 0) is 0 Å². The fraction of sp³-hybridized carbons (Fsp3) is 0.750. The van der Waals surface area contributed by atoms with Gasteiger partial charge in [-0.25, -0.2) is 9.59 Å². The maximum absolute atomic E-state index is 10.4. The van der Waals surface area contributed by atoms with Crippen LogP contribution in [0.25, 0.3) is 0 Å². The summed E-state index contributed by atoms with van der Waals surface area (Å²) in [6.07, 6.45) is 0. The molecule has 0 saturated heterocycles. The predicted molar refractivity (Wildman–Crippen MR) is 45.7 cm³/mol. The zero-order valence-corrected chi connectivity index (χ0v) is 7.91. The summed E-state index contributed by atoms with van der Waals surface area (Å²) in [5, 5.41) is 17.0. The monoisotopic (exact) mass is 190 g/mol. The van der Waals surface area contributed by atoms with Crippen molar-refractivity contribution in [1.29, 1.82) is 0 Å². The SMILES string of the molecule is CC(C)C[NH+](CC(=O)O)CC(=O)O. The van der Waals surface area contributed by atoms with E-state index in [0.29, 0.717) is 17.4 Å². The van der Waals surface area contributed by atoms with E-state index in [2.05, 4.69) is 0 Å². The first-order valence-corrected chi connectivity index (χ1v) is 4.19. The van der Waals surface area contributed by atoms with Gasteiger partial charge in [0.1, 0.15) is 0 Å². The molecule has 0 unspecified atom stereocenters. The number of carbonyl (C=O) groups is 2. The van der Waals surface area contributed by atoms with Crippen molar-refractivity contribution in [1.82, 2.24) is 0 Å². The number of aliphatic carboxylic acids is 2. The van der Waals surface area contributed by atoms with E-state index in [1.165, 1.54) is 0 Å². The quantitative estimate of drug-likeness (QED) is 0.486. The van der Waals surface area contributed by atoms with E-state index in [0.717, 1.165) is 0 Å². The molecule has 0 radical (unpaired) electrons. The Morgan fingerprint density at radius 2 is 1.54 bits per heavy atom. The number of hydrogen-bond acceptors (Lipinski definition) is 2. The molecule has 0 aliphatic rings. The van der Waals surface area contributed by atoms with Crippen molar-refractivity contribution in [2.45, 2.75) is 13.8 Å². The summed E-state index contributed by atoms with van der Waals surface area (Å²) in [6, 6.07) is 0. The number of carboxylic acid groups (broad SMARTS) is 2. The van der Waals surface area contributed by atoms with Crippen molar-refractivity contribution >= 4 is 11.9 Å². The van der Waals surface area contributed by atoms with Gasteiger partial charge in [-0.15, -0.1) is 0 Å². The molecule has 0 atom stereocenters. The van der Waals surface area contributed by atoms with E-state index in [9.17, 15) is 9.59 Å². The molecule has 5 nitrogen and oxygen atoms in total. The molecule has 0 aromatic carbocycles. The van der Waals surface area contributed by atoms with Crippen LogP contribution in [0.4, 0.5) is 0 Å². The Kier molecular flexibility index (Phi) is 5.06. The van der Waals surface area contributed by atoms with Crippen LogP contribution in [0.5, 0.6) is 0 Å². The third-order valence-corrected chi connectivity index (χ3v) is 1.50. The number of rotatable bonds is 6. The van der Waals surface area contributed by atoms with Crippen LogP contribution in [0.1, 0.15) is 13.8 Å². The Morgan fingerprint density at radius 3 is 1.77 bits per heavy atom. The van der Waals surface area contributed by atoms with Gasteiger partial charge in [0.05, 0.1) is 6.54 Å². The van der Waals surface area contributed by atoms with E-state index in [1.807, 2.05) is 13.8 Å². The molecule has 0 aliphatic carbocycles. The number of carboxylic acids is 2. The normalized spacial score (nSPS) is 10.8. The minimum absolute atomic E-state index is 0.134. The highest BCUT2D eigenvalue weighted by Gasteiger charge is 2.17. The summed E-state index contributed by atoms with van der Waals surface area (Å²) in [6.45, 7) is 4.17. The standard InChI is InChI=1S/C8H15NO4/c1-6(2)3-9(4-7(10)11)5-8(12)13/h6H,3-5H2,1-2H3,(H,10,11)(H,12,13)/p+1. The Hall–Kier alpha value is -1.10. The lowest BCUT2D eigenvalue weighted by Gasteiger charge is -2.16. The molecule has 0 aromatic rings. The Balaban J connectivity index is 4.02. The highest BCUT2D eigenvalue weighted by molar-refractivity contribution is 5.69. The second-order valence-corrected chi connectivity index (χ2v) is 3.49. The van der Waals surface area contributed by atoms with Gasteiger partial charge in [-0.1, -0.05) is 13.8 Å². The number of quaternary nitrogens is 1. The van der Waals surface area contributed by atoms with Crippen molar-refractivity contribution in [3.63, 3.8) is 0 Å². The lowest BCUT2D eigenvalue weighted by molar-refractivity contribution is -0.888. The maximum atomic E-state index is 10.4. The van der Waals surface area contributed by atoms with E-state index in [4.69, 9.17) is 10.2 Å². The van der Waals surface area contributed by atoms with E-state index in [-0.39, 0.29) is 13.1 Å². The topological polar surface area (TPSA) is 79.0 Å². The molecule has 0 saturated carbocycles. The summed E-state index contributed by atoms with van der Waals surface area (Å²) >= 11 is 0. The summed E-state index contributed by atoms with van der Waals surface area (Å²) in [5.41, 5.74) is 0. The summed E-state index contributed by atoms with van der Waals surface area (Å²) in [5.74, 6) is -1.62. The van der Waals surface area contributed by atoms with Gasteiger partial charge in [0.25, 0.3) is 0 Å². The Bertz CT molecular complexity index is 175. The summed E-state index contributed by atoms with van der Waals surface area (Å²) in [4.78, 5) is 21.3. The summed E-state index contributed by atoms with van der Waals surface area (Å²) < 4.78 is 0. The lowest BCUT2D eigenvalue weighted by atomic mass is 10.2. The van der Waals surface area contributed by atoms with Crippen LogP contribution in [-0.2, 0) is 9.59 Å². The molecule has 0 rings (SSSR count). The van der Waals surface area contributed by atoms with Gasteiger partial charge < -0.3 is 15.1 Å². The second-order valence-electron chi connectivity index (χ2n) is 3.49. The Morgan fingerprint density at radius 1 is 1.15 bits per heavy atom. The average Bonchev–Trinajstić information content (AvgIpc) is 1.80. The van der Waals surface area contributed by atoms with Crippen LogP contribution in [0.2, 0.25) is 0 Å². The fourth-order valence-electron chi connectivity index (χ4n) is 1.21. The molecule has 0 bridgehead atoms. The minimum Gasteiger partial charge on any atom is -0.477 e. The van der Waals surface area contributed by atoms with Gasteiger partial charge in [0.15, 0.2) is 13.1 Å².